The molecule has 0 aromatic heterocycles. The third-order valence-corrected chi connectivity index (χ3v) is 15.1. The molecule has 0 fully saturated rings. The van der Waals surface area contributed by atoms with E-state index in [0.29, 0.717) is 23.9 Å². The molecule has 0 aromatic carbocycles. The van der Waals surface area contributed by atoms with Crippen LogP contribution in [0.25, 0.3) is 0 Å². The van der Waals surface area contributed by atoms with Crippen LogP contribution in [0.1, 0.15) is 316 Å². The summed E-state index contributed by atoms with van der Waals surface area (Å²) in [6.07, 6.45) is 59.9. The summed E-state index contributed by atoms with van der Waals surface area (Å²) in [6.45, 7) is 4.79. The van der Waals surface area contributed by atoms with Gasteiger partial charge in [-0.05, 0) is 12.8 Å². The van der Waals surface area contributed by atoms with Gasteiger partial charge in [-0.1, -0.05) is 296 Å². The lowest BCUT2D eigenvalue weighted by atomic mass is 10.0. The van der Waals surface area contributed by atoms with Crippen LogP contribution in [0.4, 0.5) is 0 Å². The molecule has 0 aliphatic heterocycles. The van der Waals surface area contributed by atoms with Crippen molar-refractivity contribution in [2.45, 2.75) is 328 Å². The lowest BCUT2D eigenvalue weighted by Gasteiger charge is -2.30. The van der Waals surface area contributed by atoms with Crippen LogP contribution in [0, 0.1) is 0 Å². The molecule has 3 atom stereocenters. The second-order valence-electron chi connectivity index (χ2n) is 22.1. The summed E-state index contributed by atoms with van der Waals surface area (Å²) in [7, 11) is 1.33. The van der Waals surface area contributed by atoms with Crippen molar-refractivity contribution in [2.24, 2.45) is 0 Å². The summed E-state index contributed by atoms with van der Waals surface area (Å²) >= 11 is 0. The number of phosphoric ester groups is 1. The number of unbranched alkanes of at least 4 members (excludes halogenated alkanes) is 43. The lowest BCUT2D eigenvalue weighted by Crippen LogP contribution is -2.46. The Morgan fingerprint density at radius 2 is 0.731 bits per heavy atom. The summed E-state index contributed by atoms with van der Waals surface area (Å²) < 4.78 is 23.5. The number of carbonyl (C=O) groups excluding carboxylic acids is 1. The number of carbonyl (C=O) groups is 1. The van der Waals surface area contributed by atoms with Gasteiger partial charge in [0.2, 0.25) is 5.91 Å². The van der Waals surface area contributed by atoms with Gasteiger partial charge in [-0.15, -0.1) is 0 Å². The van der Waals surface area contributed by atoms with E-state index >= 15 is 0 Å². The SMILES string of the molecule is CCCCCCCCCCCCCCCCCCCCCCCCCC(=O)NC(COP(=O)([O-])OCC[N+](C)(C)C)C(O)CCCCCCCCCCCCCCCCCCCCCCCC. The Morgan fingerprint density at radius 3 is 1.01 bits per heavy atom. The normalized spacial score (nSPS) is 13.8. The van der Waals surface area contributed by atoms with Crippen LogP contribution in [-0.4, -0.2) is 68.5 Å². The van der Waals surface area contributed by atoms with Gasteiger partial charge in [0.25, 0.3) is 7.82 Å². The number of rotatable bonds is 56. The number of amides is 1. The third kappa shape index (κ3) is 53.1. The fourth-order valence-corrected chi connectivity index (χ4v) is 10.1. The summed E-state index contributed by atoms with van der Waals surface area (Å²) in [5.41, 5.74) is 0. The molecule has 0 spiro atoms. The molecule has 0 aromatic rings. The highest BCUT2D eigenvalue weighted by atomic mass is 31.2. The van der Waals surface area contributed by atoms with Crippen molar-refractivity contribution in [3.8, 4) is 0 Å². The number of quaternary nitrogens is 1. The number of likely N-dealkylation sites (N-methyl/N-ethyl adjacent to an activating group) is 1. The first-order valence-corrected chi connectivity index (χ1v) is 31.3. The topological polar surface area (TPSA) is 108 Å². The third-order valence-electron chi connectivity index (χ3n) is 14.1. The van der Waals surface area contributed by atoms with Crippen molar-refractivity contribution in [1.29, 1.82) is 0 Å². The molecule has 9 heteroatoms. The monoisotopic (exact) mass is 971 g/mol. The van der Waals surface area contributed by atoms with E-state index in [2.05, 4.69) is 19.2 Å². The summed E-state index contributed by atoms with van der Waals surface area (Å²) in [4.78, 5) is 25.6. The van der Waals surface area contributed by atoms with Crippen molar-refractivity contribution >= 4 is 13.7 Å². The van der Waals surface area contributed by atoms with Gasteiger partial charge in [0.05, 0.1) is 39.9 Å². The molecule has 1 amide bonds. The number of aliphatic hydroxyl groups excluding tert-OH is 1. The Morgan fingerprint density at radius 1 is 0.463 bits per heavy atom. The maximum Gasteiger partial charge on any atom is 0.268 e. The van der Waals surface area contributed by atoms with Crippen molar-refractivity contribution < 1.29 is 32.9 Å². The first-order chi connectivity index (χ1) is 32.5. The van der Waals surface area contributed by atoms with E-state index in [0.717, 1.165) is 38.5 Å². The molecular weight excluding hydrogens is 852 g/mol. The second-order valence-corrected chi connectivity index (χ2v) is 23.5. The van der Waals surface area contributed by atoms with Gasteiger partial charge < -0.3 is 28.8 Å². The highest BCUT2D eigenvalue weighted by molar-refractivity contribution is 7.45. The summed E-state index contributed by atoms with van der Waals surface area (Å²) in [5, 5.41) is 14.0. The van der Waals surface area contributed by atoms with Gasteiger partial charge in [0.15, 0.2) is 0 Å². The van der Waals surface area contributed by atoms with Crippen molar-refractivity contribution in [3.63, 3.8) is 0 Å². The highest BCUT2D eigenvalue weighted by Crippen LogP contribution is 2.38. The van der Waals surface area contributed by atoms with E-state index in [1.54, 1.807) is 0 Å². The number of nitrogens with zero attached hydrogens (tertiary/aromatic N) is 1. The molecular formula is C58H119N2O6P. The number of hydrogen-bond acceptors (Lipinski definition) is 6. The van der Waals surface area contributed by atoms with Gasteiger partial charge in [-0.3, -0.25) is 9.36 Å². The molecule has 0 bridgehead atoms. The Hall–Kier alpha value is -0.500. The minimum atomic E-state index is -4.57. The predicted octanol–water partition coefficient (Wildman–Crippen LogP) is 17.4. The van der Waals surface area contributed by atoms with Gasteiger partial charge in [-0.2, -0.15) is 0 Å². The second kappa shape index (κ2) is 50.4. The molecule has 0 rings (SSSR count). The summed E-state index contributed by atoms with van der Waals surface area (Å²) in [5.74, 6) is -0.156. The molecule has 2 N–H and O–H groups in total. The van der Waals surface area contributed by atoms with Gasteiger partial charge in [0.1, 0.15) is 13.2 Å². The number of hydrogen-bond donors (Lipinski definition) is 2. The molecule has 0 radical (unpaired) electrons. The van der Waals surface area contributed by atoms with Crippen LogP contribution in [0.2, 0.25) is 0 Å². The van der Waals surface area contributed by atoms with Gasteiger partial charge >= 0.3 is 0 Å². The molecule has 402 valence electrons. The number of aliphatic hydroxyl groups is 1. The molecule has 0 aliphatic carbocycles. The van der Waals surface area contributed by atoms with E-state index in [1.165, 1.54) is 250 Å². The number of nitrogens with one attached hydrogen (secondary N) is 1. The minimum Gasteiger partial charge on any atom is -0.756 e. The molecule has 67 heavy (non-hydrogen) atoms. The number of phosphoric acid groups is 1. The quantitative estimate of drug-likeness (QED) is 0.0357. The van der Waals surface area contributed by atoms with E-state index in [1.807, 2.05) is 21.1 Å². The van der Waals surface area contributed by atoms with Crippen LogP contribution in [0.5, 0.6) is 0 Å². The maximum absolute atomic E-state index is 13.0. The smallest absolute Gasteiger partial charge is 0.268 e. The maximum atomic E-state index is 13.0. The zero-order valence-corrected chi connectivity index (χ0v) is 46.8. The van der Waals surface area contributed by atoms with Crippen LogP contribution in [0.15, 0.2) is 0 Å². The zero-order chi connectivity index (χ0) is 49.2. The Labute approximate surface area is 419 Å². The lowest BCUT2D eigenvalue weighted by molar-refractivity contribution is -0.870. The fourth-order valence-electron chi connectivity index (χ4n) is 9.40. The Kier molecular flexibility index (Phi) is 50.1. The van der Waals surface area contributed by atoms with E-state index in [-0.39, 0.29) is 19.1 Å². The molecule has 8 nitrogen and oxygen atoms in total. The molecule has 0 saturated heterocycles. The van der Waals surface area contributed by atoms with Crippen LogP contribution in [0.3, 0.4) is 0 Å². The first-order valence-electron chi connectivity index (χ1n) is 29.9. The minimum absolute atomic E-state index is 0.0167. The average Bonchev–Trinajstić information content (AvgIpc) is 3.29. The molecule has 0 heterocycles. The van der Waals surface area contributed by atoms with Gasteiger partial charge in [0, 0.05) is 6.42 Å². The molecule has 0 saturated carbocycles. The molecule has 3 unspecified atom stereocenters. The standard InChI is InChI=1S/C58H119N2O6P/c1-6-8-10-12-14-16-18-20-22-24-26-28-30-32-34-36-38-40-42-44-46-48-50-52-58(62)59-56(55-66-67(63,64)65-54-53-60(3,4)5)57(61)51-49-47-45-43-41-39-37-35-33-31-29-27-25-23-21-19-17-15-13-11-9-7-2/h56-57,61H,6-55H2,1-5H3,(H-,59,62,63,64). The van der Waals surface area contributed by atoms with Gasteiger partial charge in [-0.25, -0.2) is 0 Å². The van der Waals surface area contributed by atoms with Crippen molar-refractivity contribution in [3.05, 3.63) is 0 Å². The van der Waals surface area contributed by atoms with E-state index in [9.17, 15) is 19.4 Å². The van der Waals surface area contributed by atoms with E-state index < -0.39 is 20.0 Å². The largest absolute Gasteiger partial charge is 0.756 e. The molecule has 0 aliphatic rings. The zero-order valence-electron chi connectivity index (χ0n) is 45.9. The van der Waals surface area contributed by atoms with E-state index in [4.69, 9.17) is 9.05 Å². The van der Waals surface area contributed by atoms with Crippen molar-refractivity contribution in [1.82, 2.24) is 5.32 Å². The first kappa shape index (κ1) is 66.5. The fraction of sp³-hybridized carbons (Fsp3) is 0.983. The predicted molar refractivity (Wildman–Crippen MR) is 289 cm³/mol. The summed E-state index contributed by atoms with van der Waals surface area (Å²) in [6, 6.07) is -0.795. The Balaban J connectivity index is 4.11. The van der Waals surface area contributed by atoms with Crippen LogP contribution >= 0.6 is 7.82 Å². The van der Waals surface area contributed by atoms with Crippen molar-refractivity contribution in [2.75, 3.05) is 40.9 Å². The highest BCUT2D eigenvalue weighted by Gasteiger charge is 2.24. The Bertz CT molecular complexity index is 1060. The van der Waals surface area contributed by atoms with Crippen LogP contribution in [-0.2, 0) is 18.4 Å². The average molecular weight is 972 g/mol. The van der Waals surface area contributed by atoms with Crippen LogP contribution < -0.4 is 10.2 Å².